The van der Waals surface area contributed by atoms with E-state index in [-0.39, 0.29) is 6.61 Å². The summed E-state index contributed by atoms with van der Waals surface area (Å²) in [6.07, 6.45) is 4.03. The van der Waals surface area contributed by atoms with Gasteiger partial charge in [0.2, 0.25) is 0 Å². The van der Waals surface area contributed by atoms with Crippen molar-refractivity contribution in [3.63, 3.8) is 0 Å². The molecular weight excluding hydrogens is 176 g/mol. The van der Waals surface area contributed by atoms with Gasteiger partial charge < -0.3 is 10.0 Å². The van der Waals surface area contributed by atoms with Crippen molar-refractivity contribution >= 4 is 0 Å². The van der Waals surface area contributed by atoms with Gasteiger partial charge in [-0.15, -0.1) is 0 Å². The van der Waals surface area contributed by atoms with Gasteiger partial charge in [-0.05, 0) is 33.0 Å². The summed E-state index contributed by atoms with van der Waals surface area (Å²) in [6.45, 7) is 6.67. The predicted molar refractivity (Wildman–Crippen MR) is 59.5 cm³/mol. The summed E-state index contributed by atoms with van der Waals surface area (Å²) in [7, 11) is 2.22. The molecule has 0 aromatic heterocycles. The molecule has 84 valence electrons. The maximum Gasteiger partial charge on any atom is 0.0558 e. The Kier molecular flexibility index (Phi) is 5.45. The molecule has 0 radical (unpaired) electrons. The first-order valence-electron chi connectivity index (χ1n) is 5.81. The van der Waals surface area contributed by atoms with E-state index < -0.39 is 0 Å². The molecule has 3 nitrogen and oxygen atoms in total. The highest BCUT2D eigenvalue weighted by molar-refractivity contribution is 4.77. The predicted octanol–water partition coefficient (Wildman–Crippen LogP) is 0.785. The molecule has 1 aliphatic rings. The number of piperidine rings is 1. The summed E-state index contributed by atoms with van der Waals surface area (Å²) in [5.74, 6) is 0. The largest absolute Gasteiger partial charge is 0.395 e. The van der Waals surface area contributed by atoms with E-state index in [1.165, 1.54) is 25.8 Å². The molecule has 1 fully saturated rings. The van der Waals surface area contributed by atoms with Crippen molar-refractivity contribution in [3.8, 4) is 0 Å². The van der Waals surface area contributed by atoms with Crippen LogP contribution in [0.5, 0.6) is 0 Å². The molecule has 0 bridgehead atoms. The maximum atomic E-state index is 8.91. The van der Waals surface area contributed by atoms with Gasteiger partial charge in [0.15, 0.2) is 0 Å². The number of aliphatic hydroxyl groups is 1. The molecule has 1 rings (SSSR count). The highest BCUT2D eigenvalue weighted by atomic mass is 16.3. The fourth-order valence-corrected chi connectivity index (χ4v) is 2.19. The van der Waals surface area contributed by atoms with Crippen LogP contribution in [0.3, 0.4) is 0 Å². The molecule has 1 atom stereocenters. The van der Waals surface area contributed by atoms with E-state index in [1.54, 1.807) is 0 Å². The number of likely N-dealkylation sites (tertiary alicyclic amines) is 1. The van der Waals surface area contributed by atoms with Gasteiger partial charge in [-0.2, -0.15) is 0 Å². The lowest BCUT2D eigenvalue weighted by Crippen LogP contribution is -2.45. The molecule has 1 aliphatic heterocycles. The molecular formula is C11H24N2O. The van der Waals surface area contributed by atoms with E-state index in [1.807, 2.05) is 0 Å². The van der Waals surface area contributed by atoms with Crippen LogP contribution in [-0.4, -0.2) is 60.8 Å². The van der Waals surface area contributed by atoms with Gasteiger partial charge in [0.25, 0.3) is 0 Å². The lowest BCUT2D eigenvalue weighted by atomic mass is 10.0. The zero-order valence-electron chi connectivity index (χ0n) is 9.58. The van der Waals surface area contributed by atoms with Gasteiger partial charge in [0, 0.05) is 19.1 Å². The summed E-state index contributed by atoms with van der Waals surface area (Å²) in [4.78, 5) is 4.80. The Morgan fingerprint density at radius 1 is 1.43 bits per heavy atom. The normalized spacial score (nSPS) is 24.4. The van der Waals surface area contributed by atoms with Crippen molar-refractivity contribution in [2.24, 2.45) is 0 Å². The van der Waals surface area contributed by atoms with Gasteiger partial charge in [0.1, 0.15) is 0 Å². The van der Waals surface area contributed by atoms with Crippen molar-refractivity contribution < 1.29 is 5.11 Å². The third-order valence-electron chi connectivity index (χ3n) is 3.25. The fourth-order valence-electron chi connectivity index (χ4n) is 2.19. The van der Waals surface area contributed by atoms with Crippen molar-refractivity contribution in [1.29, 1.82) is 0 Å². The Morgan fingerprint density at radius 3 is 2.79 bits per heavy atom. The molecule has 1 N–H and O–H groups in total. The highest BCUT2D eigenvalue weighted by Crippen LogP contribution is 2.15. The molecule has 14 heavy (non-hydrogen) atoms. The van der Waals surface area contributed by atoms with Crippen LogP contribution in [0.4, 0.5) is 0 Å². The molecule has 3 heteroatoms. The molecule has 1 unspecified atom stereocenters. The second-order valence-corrected chi connectivity index (χ2v) is 4.25. The Hall–Kier alpha value is -0.120. The monoisotopic (exact) mass is 200 g/mol. The van der Waals surface area contributed by atoms with E-state index in [9.17, 15) is 0 Å². The standard InChI is InChI=1S/C11H24N2O/c1-3-13(8-9-14)10-11-6-4-5-7-12(11)2/h11,14H,3-10H2,1-2H3. The molecule has 0 saturated carbocycles. The van der Waals surface area contributed by atoms with E-state index >= 15 is 0 Å². The van der Waals surface area contributed by atoms with E-state index in [0.29, 0.717) is 6.04 Å². The highest BCUT2D eigenvalue weighted by Gasteiger charge is 2.20. The smallest absolute Gasteiger partial charge is 0.0558 e. The quantitative estimate of drug-likeness (QED) is 0.710. The minimum absolute atomic E-state index is 0.282. The van der Waals surface area contributed by atoms with Gasteiger partial charge in [-0.1, -0.05) is 13.3 Å². The van der Waals surface area contributed by atoms with Crippen LogP contribution >= 0.6 is 0 Å². The first-order valence-corrected chi connectivity index (χ1v) is 5.81. The fraction of sp³-hybridized carbons (Fsp3) is 1.00. The number of likely N-dealkylation sites (N-methyl/N-ethyl adjacent to an activating group) is 2. The number of rotatable bonds is 5. The Bertz CT molecular complexity index is 152. The van der Waals surface area contributed by atoms with Crippen LogP contribution in [0.25, 0.3) is 0 Å². The average Bonchev–Trinajstić information content (AvgIpc) is 2.20. The first-order chi connectivity index (χ1) is 6.77. The molecule has 0 amide bonds. The maximum absolute atomic E-state index is 8.91. The van der Waals surface area contributed by atoms with Crippen molar-refractivity contribution in [2.75, 3.05) is 39.8 Å². The molecule has 0 spiro atoms. The van der Waals surface area contributed by atoms with Gasteiger partial charge in [-0.3, -0.25) is 4.90 Å². The average molecular weight is 200 g/mol. The Morgan fingerprint density at radius 2 is 2.21 bits per heavy atom. The summed E-state index contributed by atoms with van der Waals surface area (Å²) in [5.41, 5.74) is 0. The lowest BCUT2D eigenvalue weighted by molar-refractivity contribution is 0.117. The summed E-state index contributed by atoms with van der Waals surface area (Å²) in [6, 6.07) is 0.704. The van der Waals surface area contributed by atoms with Crippen molar-refractivity contribution in [1.82, 2.24) is 9.80 Å². The minimum Gasteiger partial charge on any atom is -0.395 e. The van der Waals surface area contributed by atoms with E-state index in [4.69, 9.17) is 5.11 Å². The van der Waals surface area contributed by atoms with Gasteiger partial charge >= 0.3 is 0 Å². The van der Waals surface area contributed by atoms with Crippen LogP contribution in [0.15, 0.2) is 0 Å². The van der Waals surface area contributed by atoms with Crippen LogP contribution in [0, 0.1) is 0 Å². The first kappa shape index (κ1) is 12.0. The van der Waals surface area contributed by atoms with Crippen LogP contribution in [0.1, 0.15) is 26.2 Å². The zero-order valence-corrected chi connectivity index (χ0v) is 9.58. The third kappa shape index (κ3) is 3.56. The van der Waals surface area contributed by atoms with Crippen molar-refractivity contribution in [2.45, 2.75) is 32.2 Å². The Labute approximate surface area is 87.7 Å². The Balaban J connectivity index is 2.31. The summed E-state index contributed by atoms with van der Waals surface area (Å²) >= 11 is 0. The molecule has 0 aromatic rings. The number of hydrogen-bond donors (Lipinski definition) is 1. The number of nitrogens with zero attached hydrogens (tertiary/aromatic N) is 2. The topological polar surface area (TPSA) is 26.7 Å². The zero-order chi connectivity index (χ0) is 10.4. The van der Waals surface area contributed by atoms with Crippen LogP contribution < -0.4 is 0 Å². The lowest BCUT2D eigenvalue weighted by Gasteiger charge is -2.35. The molecule has 0 aromatic carbocycles. The summed E-state index contributed by atoms with van der Waals surface area (Å²) in [5, 5.41) is 8.91. The second-order valence-electron chi connectivity index (χ2n) is 4.25. The number of hydrogen-bond acceptors (Lipinski definition) is 3. The SMILES string of the molecule is CCN(CCO)CC1CCCCN1C. The molecule has 1 heterocycles. The van der Waals surface area contributed by atoms with Gasteiger partial charge in [0.05, 0.1) is 6.61 Å². The van der Waals surface area contributed by atoms with Crippen LogP contribution in [0.2, 0.25) is 0 Å². The molecule has 0 aliphatic carbocycles. The minimum atomic E-state index is 0.282. The van der Waals surface area contributed by atoms with E-state index in [2.05, 4.69) is 23.8 Å². The van der Waals surface area contributed by atoms with E-state index in [0.717, 1.165) is 19.6 Å². The van der Waals surface area contributed by atoms with Crippen molar-refractivity contribution in [3.05, 3.63) is 0 Å². The van der Waals surface area contributed by atoms with Gasteiger partial charge in [-0.25, -0.2) is 0 Å². The second kappa shape index (κ2) is 6.38. The summed E-state index contributed by atoms with van der Waals surface area (Å²) < 4.78 is 0. The third-order valence-corrected chi connectivity index (χ3v) is 3.25. The number of aliphatic hydroxyl groups excluding tert-OH is 1. The van der Waals surface area contributed by atoms with Crippen LogP contribution in [-0.2, 0) is 0 Å². The molecule has 1 saturated heterocycles.